The number of hydrogen-bond donors (Lipinski definition) is 0. The van der Waals surface area contributed by atoms with Crippen LogP contribution in [0.4, 0.5) is 0 Å². The molecule has 0 nitrogen and oxygen atoms in total. The van der Waals surface area contributed by atoms with E-state index in [1.807, 2.05) is 18.2 Å². The van der Waals surface area contributed by atoms with E-state index < -0.39 is 0 Å². The van der Waals surface area contributed by atoms with Crippen molar-refractivity contribution in [2.75, 3.05) is 0 Å². The maximum atomic E-state index is 2.29. The average Bonchev–Trinajstić information content (AvgIpc) is 2.36. The summed E-state index contributed by atoms with van der Waals surface area (Å²) >= 11 is 0. The molecule has 0 atom stereocenters. The van der Waals surface area contributed by atoms with Crippen molar-refractivity contribution in [3.63, 3.8) is 0 Å². The third-order valence-electron chi connectivity index (χ3n) is 2.96. The summed E-state index contributed by atoms with van der Waals surface area (Å²) in [5, 5.41) is 0. The van der Waals surface area contributed by atoms with Crippen molar-refractivity contribution in [3.8, 4) is 0 Å². The minimum atomic E-state index is 1.22. The molecular weight excluding hydrogens is 216 g/mol. The van der Waals surface area contributed by atoms with Gasteiger partial charge in [0, 0.05) is 0 Å². The highest BCUT2D eigenvalue weighted by Crippen LogP contribution is 2.12. The van der Waals surface area contributed by atoms with Gasteiger partial charge in [0.2, 0.25) is 0 Å². The van der Waals surface area contributed by atoms with Gasteiger partial charge >= 0.3 is 0 Å². The molecule has 0 radical (unpaired) electrons. The Morgan fingerprint density at radius 1 is 0.778 bits per heavy atom. The van der Waals surface area contributed by atoms with Gasteiger partial charge in [-0.3, -0.25) is 0 Å². The number of aryl methyl sites for hydroxylation is 4. The van der Waals surface area contributed by atoms with E-state index in [2.05, 4.69) is 58.0 Å². The van der Waals surface area contributed by atoms with Crippen molar-refractivity contribution in [2.45, 2.75) is 40.5 Å². The maximum Gasteiger partial charge on any atom is -0.0279 e. The highest BCUT2D eigenvalue weighted by Gasteiger charge is 1.95. The predicted octanol–water partition coefficient (Wildman–Crippen LogP) is 5.25. The SMILES string of the molecule is CCCc1cc(C)ccc1C.Cc1ccccc1. The fourth-order valence-electron chi connectivity index (χ4n) is 1.87. The van der Waals surface area contributed by atoms with E-state index in [1.165, 1.54) is 35.1 Å². The summed E-state index contributed by atoms with van der Waals surface area (Å²) in [5.74, 6) is 0. The average molecular weight is 240 g/mol. The second kappa shape index (κ2) is 7.71. The van der Waals surface area contributed by atoms with Crippen LogP contribution in [0.1, 0.15) is 35.6 Å². The molecule has 0 N–H and O–H groups in total. The van der Waals surface area contributed by atoms with Crippen LogP contribution in [0.5, 0.6) is 0 Å². The molecule has 0 heterocycles. The topological polar surface area (TPSA) is 0 Å². The summed E-state index contributed by atoms with van der Waals surface area (Å²) in [7, 11) is 0. The Bertz CT molecular complexity index is 455. The van der Waals surface area contributed by atoms with Crippen LogP contribution in [-0.4, -0.2) is 0 Å². The van der Waals surface area contributed by atoms with Crippen LogP contribution in [0.15, 0.2) is 48.5 Å². The van der Waals surface area contributed by atoms with Crippen molar-refractivity contribution in [2.24, 2.45) is 0 Å². The highest BCUT2D eigenvalue weighted by molar-refractivity contribution is 5.30. The van der Waals surface area contributed by atoms with E-state index in [0.717, 1.165) is 0 Å². The van der Waals surface area contributed by atoms with Crippen LogP contribution in [0.2, 0.25) is 0 Å². The lowest BCUT2D eigenvalue weighted by Gasteiger charge is -2.04. The predicted molar refractivity (Wildman–Crippen MR) is 81.1 cm³/mol. The van der Waals surface area contributed by atoms with Crippen LogP contribution in [-0.2, 0) is 6.42 Å². The van der Waals surface area contributed by atoms with Gasteiger partial charge in [0.25, 0.3) is 0 Å². The zero-order valence-electron chi connectivity index (χ0n) is 12.0. The van der Waals surface area contributed by atoms with E-state index in [9.17, 15) is 0 Å². The van der Waals surface area contributed by atoms with Crippen molar-refractivity contribution < 1.29 is 0 Å². The van der Waals surface area contributed by atoms with Crippen LogP contribution in [0.3, 0.4) is 0 Å². The molecule has 0 aliphatic carbocycles. The zero-order chi connectivity index (χ0) is 13.4. The molecule has 0 unspecified atom stereocenters. The Labute approximate surface area is 112 Å². The molecule has 0 aliphatic rings. The van der Waals surface area contributed by atoms with Crippen molar-refractivity contribution in [1.82, 2.24) is 0 Å². The van der Waals surface area contributed by atoms with Gasteiger partial charge in [0.15, 0.2) is 0 Å². The Balaban J connectivity index is 0.000000199. The van der Waals surface area contributed by atoms with E-state index in [4.69, 9.17) is 0 Å². The van der Waals surface area contributed by atoms with Crippen molar-refractivity contribution >= 4 is 0 Å². The monoisotopic (exact) mass is 240 g/mol. The molecule has 2 rings (SSSR count). The summed E-state index contributed by atoms with van der Waals surface area (Å²) in [6.07, 6.45) is 2.46. The minimum absolute atomic E-state index is 1.22. The van der Waals surface area contributed by atoms with E-state index in [1.54, 1.807) is 0 Å². The Morgan fingerprint density at radius 2 is 1.44 bits per heavy atom. The normalized spacial score (nSPS) is 9.56. The summed E-state index contributed by atoms with van der Waals surface area (Å²) in [5.41, 5.74) is 5.63. The molecule has 2 aromatic carbocycles. The number of rotatable bonds is 2. The van der Waals surface area contributed by atoms with E-state index in [-0.39, 0.29) is 0 Å². The van der Waals surface area contributed by atoms with E-state index >= 15 is 0 Å². The Kier molecular flexibility index (Phi) is 6.21. The third kappa shape index (κ3) is 5.18. The van der Waals surface area contributed by atoms with Crippen LogP contribution < -0.4 is 0 Å². The molecule has 0 fully saturated rings. The summed E-state index contributed by atoms with van der Waals surface area (Å²) in [4.78, 5) is 0. The molecule has 0 bridgehead atoms. The molecule has 0 spiro atoms. The van der Waals surface area contributed by atoms with Gasteiger partial charge in [-0.05, 0) is 38.3 Å². The summed E-state index contributed by atoms with van der Waals surface area (Å²) in [6.45, 7) is 8.64. The molecule has 18 heavy (non-hydrogen) atoms. The highest BCUT2D eigenvalue weighted by atomic mass is 14.0. The summed E-state index contributed by atoms with van der Waals surface area (Å²) in [6, 6.07) is 16.9. The van der Waals surface area contributed by atoms with Crippen LogP contribution in [0, 0.1) is 20.8 Å². The van der Waals surface area contributed by atoms with Crippen LogP contribution in [0.25, 0.3) is 0 Å². The second-order valence-electron chi connectivity index (χ2n) is 4.83. The number of benzene rings is 2. The molecule has 0 saturated heterocycles. The lowest BCUT2D eigenvalue weighted by Crippen LogP contribution is -1.88. The maximum absolute atomic E-state index is 2.29. The molecule has 96 valence electrons. The van der Waals surface area contributed by atoms with Crippen molar-refractivity contribution in [3.05, 3.63) is 70.8 Å². The van der Waals surface area contributed by atoms with Crippen LogP contribution >= 0.6 is 0 Å². The molecule has 0 aromatic heterocycles. The Hall–Kier alpha value is -1.56. The largest absolute Gasteiger partial charge is 0.0651 e. The molecular formula is C18H24. The molecule has 2 aromatic rings. The quantitative estimate of drug-likeness (QED) is 0.672. The molecule has 0 saturated carbocycles. The smallest absolute Gasteiger partial charge is 0.0279 e. The first-order chi connectivity index (χ1) is 8.63. The van der Waals surface area contributed by atoms with Gasteiger partial charge in [-0.25, -0.2) is 0 Å². The lowest BCUT2D eigenvalue weighted by molar-refractivity contribution is 0.911. The first kappa shape index (κ1) is 14.5. The second-order valence-corrected chi connectivity index (χ2v) is 4.83. The fourth-order valence-corrected chi connectivity index (χ4v) is 1.87. The van der Waals surface area contributed by atoms with Gasteiger partial charge in [-0.2, -0.15) is 0 Å². The minimum Gasteiger partial charge on any atom is -0.0651 e. The summed E-state index contributed by atoms with van der Waals surface area (Å²) < 4.78 is 0. The zero-order valence-corrected chi connectivity index (χ0v) is 12.0. The fraction of sp³-hybridized carbons (Fsp3) is 0.333. The van der Waals surface area contributed by atoms with Gasteiger partial charge < -0.3 is 0 Å². The van der Waals surface area contributed by atoms with E-state index in [0.29, 0.717) is 0 Å². The molecule has 0 aliphatic heterocycles. The lowest BCUT2D eigenvalue weighted by atomic mass is 10.0. The first-order valence-electron chi connectivity index (χ1n) is 6.71. The number of hydrogen-bond acceptors (Lipinski definition) is 0. The standard InChI is InChI=1S/C11H16.C7H8/c1-4-5-11-8-9(2)6-7-10(11)3;1-7-5-3-2-4-6-7/h6-8H,4-5H2,1-3H3;2-6H,1H3. The third-order valence-corrected chi connectivity index (χ3v) is 2.96. The van der Waals surface area contributed by atoms with Gasteiger partial charge in [-0.1, -0.05) is 73.0 Å². The first-order valence-corrected chi connectivity index (χ1v) is 6.71. The van der Waals surface area contributed by atoms with Gasteiger partial charge in [0.1, 0.15) is 0 Å². The van der Waals surface area contributed by atoms with Gasteiger partial charge in [0.05, 0.1) is 0 Å². The van der Waals surface area contributed by atoms with Gasteiger partial charge in [-0.15, -0.1) is 0 Å². The molecule has 0 amide bonds. The van der Waals surface area contributed by atoms with Crippen molar-refractivity contribution in [1.29, 1.82) is 0 Å². The Morgan fingerprint density at radius 3 is 1.94 bits per heavy atom. The molecule has 0 heteroatoms.